The normalized spacial score (nSPS) is 13.0. The first-order valence-electron chi connectivity index (χ1n) is 7.24. The van der Waals surface area contributed by atoms with Crippen LogP contribution in [-0.2, 0) is 24.0 Å². The fourth-order valence-electron chi connectivity index (χ4n) is 2.06. The van der Waals surface area contributed by atoms with Crippen molar-refractivity contribution < 1.29 is 34.2 Å². The molecule has 0 aromatic heterocycles. The topological polar surface area (TPSA) is 153 Å². The number of Topliss-reactive ketones (excluding diaryl/α,β-unsaturated/α-hetero) is 1. The van der Waals surface area contributed by atoms with Crippen LogP contribution in [0.1, 0.15) is 27.2 Å². The first-order chi connectivity index (χ1) is 11.0. The first-order valence-corrected chi connectivity index (χ1v) is 7.24. The summed E-state index contributed by atoms with van der Waals surface area (Å²) >= 11 is 0. The van der Waals surface area contributed by atoms with Gasteiger partial charge in [0.15, 0.2) is 5.78 Å². The van der Waals surface area contributed by atoms with Gasteiger partial charge in [-0.3, -0.25) is 28.9 Å². The van der Waals surface area contributed by atoms with Gasteiger partial charge in [0, 0.05) is 13.0 Å². The lowest BCUT2D eigenvalue weighted by Crippen LogP contribution is -2.47. The number of hydrogen-bond acceptors (Lipinski definition) is 6. The third kappa shape index (κ3) is 10.3. The Morgan fingerprint density at radius 2 is 1.42 bits per heavy atom. The summed E-state index contributed by atoms with van der Waals surface area (Å²) in [5.74, 6) is -3.71. The second kappa shape index (κ2) is 10.3. The zero-order valence-electron chi connectivity index (χ0n) is 13.9. The molecule has 24 heavy (non-hydrogen) atoms. The van der Waals surface area contributed by atoms with Crippen molar-refractivity contribution in [2.24, 2.45) is 0 Å². The van der Waals surface area contributed by atoms with Gasteiger partial charge < -0.3 is 20.8 Å². The molecular formula is C14H23N3O7. The lowest BCUT2D eigenvalue weighted by atomic mass is 10.0. The number of amides is 2. The summed E-state index contributed by atoms with van der Waals surface area (Å²) in [5, 5.41) is 22.4. The summed E-state index contributed by atoms with van der Waals surface area (Å²) < 4.78 is 0. The number of carboxylic acids is 2. The fourth-order valence-corrected chi connectivity index (χ4v) is 2.06. The number of rotatable bonds is 11. The third-order valence-corrected chi connectivity index (χ3v) is 2.95. The average Bonchev–Trinajstić information content (AvgIpc) is 2.34. The van der Waals surface area contributed by atoms with Crippen LogP contribution in [0, 0.1) is 0 Å². The highest BCUT2D eigenvalue weighted by atomic mass is 16.4. The highest BCUT2D eigenvalue weighted by Gasteiger charge is 2.21. The third-order valence-electron chi connectivity index (χ3n) is 2.95. The molecule has 0 rings (SSSR count). The number of nitrogens with one attached hydrogen (secondary N) is 2. The number of nitrogens with zero attached hydrogens (tertiary/aromatic N) is 1. The van der Waals surface area contributed by atoms with Gasteiger partial charge in [0.1, 0.15) is 0 Å². The van der Waals surface area contributed by atoms with Crippen LogP contribution in [0.25, 0.3) is 0 Å². The molecule has 0 saturated heterocycles. The van der Waals surface area contributed by atoms with Crippen molar-refractivity contribution in [1.82, 2.24) is 15.5 Å². The predicted molar refractivity (Wildman–Crippen MR) is 82.2 cm³/mol. The van der Waals surface area contributed by atoms with Crippen molar-refractivity contribution in [2.75, 3.05) is 19.6 Å². The van der Waals surface area contributed by atoms with Crippen LogP contribution >= 0.6 is 0 Å². The summed E-state index contributed by atoms with van der Waals surface area (Å²) in [4.78, 5) is 56.7. The predicted octanol–water partition coefficient (Wildman–Crippen LogP) is -1.55. The van der Waals surface area contributed by atoms with Crippen molar-refractivity contribution in [3.05, 3.63) is 0 Å². The lowest BCUT2D eigenvalue weighted by Gasteiger charge is -2.22. The van der Waals surface area contributed by atoms with Crippen molar-refractivity contribution >= 4 is 29.5 Å². The maximum absolute atomic E-state index is 11.9. The Hall–Kier alpha value is -2.49. The SMILES string of the molecule is CC(=O)NC(CC(C)NC(=O)CN(CC(=O)O)CC(=O)O)C(C)=O. The molecule has 0 spiro atoms. The summed E-state index contributed by atoms with van der Waals surface area (Å²) in [6.07, 6.45) is 0.165. The van der Waals surface area contributed by atoms with E-state index in [2.05, 4.69) is 10.6 Å². The molecule has 0 aliphatic carbocycles. The van der Waals surface area contributed by atoms with Crippen molar-refractivity contribution in [3.63, 3.8) is 0 Å². The number of carbonyl (C=O) groups excluding carboxylic acids is 3. The molecule has 0 aromatic rings. The number of ketones is 1. The van der Waals surface area contributed by atoms with Crippen molar-refractivity contribution in [3.8, 4) is 0 Å². The molecule has 0 bridgehead atoms. The standard InChI is InChI=1S/C14H23N3O7/c1-8(4-11(9(2)18)16-10(3)19)15-12(20)5-17(6-13(21)22)7-14(23)24/h8,11H,4-7H2,1-3H3,(H,15,20)(H,16,19)(H,21,22)(H,23,24). The number of hydrogen-bond donors (Lipinski definition) is 4. The Kier molecular flexibility index (Phi) is 9.25. The van der Waals surface area contributed by atoms with Gasteiger partial charge in [0.25, 0.3) is 0 Å². The van der Waals surface area contributed by atoms with Crippen LogP contribution in [0.4, 0.5) is 0 Å². The molecule has 0 aliphatic rings. The summed E-state index contributed by atoms with van der Waals surface area (Å²) in [7, 11) is 0. The average molecular weight is 345 g/mol. The van der Waals surface area contributed by atoms with E-state index in [1.54, 1.807) is 6.92 Å². The number of carboxylic acid groups (broad SMARTS) is 2. The van der Waals surface area contributed by atoms with Crippen LogP contribution in [0.2, 0.25) is 0 Å². The molecule has 0 saturated carbocycles. The maximum Gasteiger partial charge on any atom is 0.317 e. The molecule has 2 amide bonds. The van der Waals surface area contributed by atoms with E-state index in [0.717, 1.165) is 4.90 Å². The fraction of sp³-hybridized carbons (Fsp3) is 0.643. The quantitative estimate of drug-likeness (QED) is 0.351. The highest BCUT2D eigenvalue weighted by molar-refractivity contribution is 5.86. The molecule has 2 atom stereocenters. The molecule has 0 fully saturated rings. The zero-order valence-corrected chi connectivity index (χ0v) is 13.9. The Balaban J connectivity index is 4.59. The van der Waals surface area contributed by atoms with Gasteiger partial charge in [-0.05, 0) is 20.3 Å². The van der Waals surface area contributed by atoms with E-state index in [-0.39, 0.29) is 18.1 Å². The molecular weight excluding hydrogens is 322 g/mol. The van der Waals surface area contributed by atoms with E-state index >= 15 is 0 Å². The Morgan fingerprint density at radius 3 is 1.79 bits per heavy atom. The van der Waals surface area contributed by atoms with E-state index in [1.165, 1.54) is 13.8 Å². The van der Waals surface area contributed by atoms with Crippen molar-refractivity contribution in [1.29, 1.82) is 0 Å². The van der Waals surface area contributed by atoms with Crippen LogP contribution in [0.15, 0.2) is 0 Å². The van der Waals surface area contributed by atoms with Gasteiger partial charge in [-0.1, -0.05) is 0 Å². The summed E-state index contributed by atoms with van der Waals surface area (Å²) in [5.41, 5.74) is 0. The number of carbonyl (C=O) groups is 5. The molecule has 0 radical (unpaired) electrons. The van der Waals surface area contributed by atoms with Gasteiger partial charge in [0.2, 0.25) is 11.8 Å². The minimum atomic E-state index is -1.25. The molecule has 10 heteroatoms. The van der Waals surface area contributed by atoms with Gasteiger partial charge in [0.05, 0.1) is 25.7 Å². The smallest absolute Gasteiger partial charge is 0.317 e. The van der Waals surface area contributed by atoms with Gasteiger partial charge >= 0.3 is 11.9 Å². The van der Waals surface area contributed by atoms with E-state index in [1.807, 2.05) is 0 Å². The van der Waals surface area contributed by atoms with Crippen LogP contribution in [0.3, 0.4) is 0 Å². The molecule has 0 heterocycles. The molecule has 4 N–H and O–H groups in total. The second-order valence-electron chi connectivity index (χ2n) is 5.50. The minimum Gasteiger partial charge on any atom is -0.480 e. The Morgan fingerprint density at radius 1 is 0.917 bits per heavy atom. The second-order valence-corrected chi connectivity index (χ2v) is 5.50. The van der Waals surface area contributed by atoms with Gasteiger partial charge in [-0.15, -0.1) is 0 Å². The Bertz CT molecular complexity index is 491. The van der Waals surface area contributed by atoms with Crippen molar-refractivity contribution in [2.45, 2.75) is 39.3 Å². The lowest BCUT2D eigenvalue weighted by molar-refractivity contribution is -0.142. The highest BCUT2D eigenvalue weighted by Crippen LogP contribution is 2.00. The largest absolute Gasteiger partial charge is 0.480 e. The molecule has 0 aliphatic heterocycles. The Labute approximate surface area is 139 Å². The van der Waals surface area contributed by atoms with Crippen LogP contribution in [0.5, 0.6) is 0 Å². The molecule has 136 valence electrons. The van der Waals surface area contributed by atoms with E-state index in [4.69, 9.17) is 10.2 Å². The van der Waals surface area contributed by atoms with Gasteiger partial charge in [-0.25, -0.2) is 0 Å². The van der Waals surface area contributed by atoms with Gasteiger partial charge in [-0.2, -0.15) is 0 Å². The summed E-state index contributed by atoms with van der Waals surface area (Å²) in [6.45, 7) is 2.62. The maximum atomic E-state index is 11.9. The first kappa shape index (κ1) is 21.5. The minimum absolute atomic E-state index is 0.165. The zero-order chi connectivity index (χ0) is 18.9. The monoisotopic (exact) mass is 345 g/mol. The van der Waals surface area contributed by atoms with Crippen LogP contribution < -0.4 is 10.6 Å². The van der Waals surface area contributed by atoms with E-state index in [9.17, 15) is 24.0 Å². The van der Waals surface area contributed by atoms with E-state index < -0.39 is 49.6 Å². The molecule has 0 aromatic carbocycles. The van der Waals surface area contributed by atoms with Crippen LogP contribution in [-0.4, -0.2) is 76.4 Å². The molecule has 2 unspecified atom stereocenters. The number of aliphatic carboxylic acids is 2. The summed E-state index contributed by atoms with van der Waals surface area (Å²) in [6, 6.07) is -1.22. The van der Waals surface area contributed by atoms with E-state index in [0.29, 0.717) is 0 Å². The molecule has 10 nitrogen and oxygen atoms in total.